The largest absolute Gasteiger partial charge is 0.493 e. The van der Waals surface area contributed by atoms with Crippen LogP contribution in [0.25, 0.3) is 10.9 Å². The first-order valence-corrected chi connectivity index (χ1v) is 11.4. The Kier molecular flexibility index (Phi) is 7.97. The molecule has 8 nitrogen and oxygen atoms in total. The summed E-state index contributed by atoms with van der Waals surface area (Å²) in [6.07, 6.45) is 2.12. The lowest BCUT2D eigenvalue weighted by Crippen LogP contribution is -2.29. The molecule has 0 aliphatic heterocycles. The van der Waals surface area contributed by atoms with E-state index < -0.39 is 0 Å². The molecule has 184 valence electrons. The lowest BCUT2D eigenvalue weighted by atomic mass is 10.1. The first-order chi connectivity index (χ1) is 17.6. The number of carbonyl (C=O) groups is 2. The quantitative estimate of drug-likeness (QED) is 0.315. The minimum Gasteiger partial charge on any atom is -0.493 e. The van der Waals surface area contributed by atoms with E-state index in [1.54, 1.807) is 56.8 Å². The number of fused-ring (bicyclic) bond motifs is 1. The molecule has 2 amide bonds. The van der Waals surface area contributed by atoms with Gasteiger partial charge in [0.2, 0.25) is 11.8 Å². The van der Waals surface area contributed by atoms with Crippen LogP contribution < -0.4 is 24.8 Å². The molecule has 0 spiro atoms. The molecular formula is C28H27N3O5. The molecule has 0 aliphatic rings. The van der Waals surface area contributed by atoms with Crippen molar-refractivity contribution in [2.24, 2.45) is 0 Å². The molecule has 0 aliphatic carbocycles. The zero-order valence-corrected chi connectivity index (χ0v) is 20.1. The smallest absolute Gasteiger partial charge is 0.233 e. The predicted molar refractivity (Wildman–Crippen MR) is 138 cm³/mol. The third kappa shape index (κ3) is 6.29. The maximum absolute atomic E-state index is 12.3. The Hall–Kier alpha value is -4.59. The highest BCUT2D eigenvalue weighted by atomic mass is 16.5. The van der Waals surface area contributed by atoms with Crippen molar-refractivity contribution < 1.29 is 23.8 Å². The number of nitrogens with one attached hydrogen (secondary N) is 2. The molecule has 0 atom stereocenters. The zero-order chi connectivity index (χ0) is 25.3. The number of benzene rings is 3. The monoisotopic (exact) mass is 485 g/mol. The van der Waals surface area contributed by atoms with Gasteiger partial charge in [0.1, 0.15) is 17.9 Å². The lowest BCUT2D eigenvalue weighted by molar-refractivity contribution is -0.126. The van der Waals surface area contributed by atoms with E-state index in [0.29, 0.717) is 47.2 Å². The minimum absolute atomic E-state index is 0.249. The molecule has 4 rings (SSSR count). The minimum atomic E-state index is -0.387. The number of anilines is 1. The number of nitrogens with zero attached hydrogens (tertiary/aromatic N) is 1. The molecule has 0 bridgehead atoms. The summed E-state index contributed by atoms with van der Waals surface area (Å²) in [5.74, 6) is 1.63. The molecule has 1 aromatic heterocycles. The van der Waals surface area contributed by atoms with E-state index in [1.807, 2.05) is 36.4 Å². The molecule has 0 saturated carbocycles. The van der Waals surface area contributed by atoms with Gasteiger partial charge in [0.15, 0.2) is 11.5 Å². The van der Waals surface area contributed by atoms with Crippen LogP contribution in [0.1, 0.15) is 12.0 Å². The Balaban J connectivity index is 1.32. The normalized spacial score (nSPS) is 10.5. The number of methoxy groups -OCH3 is 2. The zero-order valence-electron chi connectivity index (χ0n) is 20.1. The van der Waals surface area contributed by atoms with Gasteiger partial charge in [0.25, 0.3) is 0 Å². The van der Waals surface area contributed by atoms with Crippen LogP contribution in [0.15, 0.2) is 79.0 Å². The molecule has 4 aromatic rings. The number of ether oxygens (including phenoxy) is 3. The van der Waals surface area contributed by atoms with Crippen molar-refractivity contribution in [3.8, 4) is 23.0 Å². The van der Waals surface area contributed by atoms with Gasteiger partial charge in [-0.1, -0.05) is 30.3 Å². The third-order valence-corrected chi connectivity index (χ3v) is 5.47. The Bertz CT molecular complexity index is 1340. The SMILES string of the molecule is COc1cc2nccc(Oc3ccc(NC(=O)CC(=O)NCCc4ccccc4)cc3)c2cc1OC. The summed E-state index contributed by atoms with van der Waals surface area (Å²) in [5, 5.41) is 6.28. The fraction of sp³-hybridized carbons (Fsp3) is 0.179. The number of pyridine rings is 1. The Morgan fingerprint density at radius 3 is 2.28 bits per heavy atom. The second kappa shape index (κ2) is 11.7. The summed E-state index contributed by atoms with van der Waals surface area (Å²) in [4.78, 5) is 28.7. The van der Waals surface area contributed by atoms with Gasteiger partial charge in [-0.25, -0.2) is 0 Å². The molecule has 36 heavy (non-hydrogen) atoms. The van der Waals surface area contributed by atoms with Gasteiger partial charge in [-0.15, -0.1) is 0 Å². The van der Waals surface area contributed by atoms with Gasteiger partial charge >= 0.3 is 0 Å². The second-order valence-electron chi connectivity index (χ2n) is 7.97. The van der Waals surface area contributed by atoms with Crippen molar-refractivity contribution in [3.63, 3.8) is 0 Å². The van der Waals surface area contributed by atoms with Crippen LogP contribution in [0.3, 0.4) is 0 Å². The van der Waals surface area contributed by atoms with Gasteiger partial charge in [-0.3, -0.25) is 14.6 Å². The fourth-order valence-electron chi connectivity index (χ4n) is 3.67. The highest BCUT2D eigenvalue weighted by molar-refractivity contribution is 6.03. The van der Waals surface area contributed by atoms with Gasteiger partial charge < -0.3 is 24.8 Å². The van der Waals surface area contributed by atoms with Crippen LogP contribution in [0.4, 0.5) is 5.69 Å². The average Bonchev–Trinajstić information content (AvgIpc) is 2.89. The molecule has 1 heterocycles. The summed E-state index contributed by atoms with van der Waals surface area (Å²) < 4.78 is 16.8. The van der Waals surface area contributed by atoms with Crippen molar-refractivity contribution in [1.82, 2.24) is 10.3 Å². The number of aromatic nitrogens is 1. The van der Waals surface area contributed by atoms with Crippen LogP contribution in [-0.2, 0) is 16.0 Å². The van der Waals surface area contributed by atoms with Crippen LogP contribution in [-0.4, -0.2) is 37.6 Å². The number of amides is 2. The van der Waals surface area contributed by atoms with Crippen molar-refractivity contribution >= 4 is 28.4 Å². The summed E-state index contributed by atoms with van der Waals surface area (Å²) in [6.45, 7) is 0.477. The Morgan fingerprint density at radius 1 is 0.833 bits per heavy atom. The second-order valence-corrected chi connectivity index (χ2v) is 7.97. The van der Waals surface area contributed by atoms with Crippen LogP contribution in [0.5, 0.6) is 23.0 Å². The molecule has 0 fully saturated rings. The first kappa shape index (κ1) is 24.5. The highest BCUT2D eigenvalue weighted by Crippen LogP contribution is 2.36. The molecular weight excluding hydrogens is 458 g/mol. The topological polar surface area (TPSA) is 98.8 Å². The van der Waals surface area contributed by atoms with E-state index in [2.05, 4.69) is 15.6 Å². The molecule has 8 heteroatoms. The average molecular weight is 486 g/mol. The summed E-state index contributed by atoms with van der Waals surface area (Å²) in [6, 6.07) is 22.1. The number of carbonyl (C=O) groups excluding carboxylic acids is 2. The van der Waals surface area contributed by atoms with Gasteiger partial charge in [-0.2, -0.15) is 0 Å². The maximum Gasteiger partial charge on any atom is 0.233 e. The molecule has 2 N–H and O–H groups in total. The van der Waals surface area contributed by atoms with Gasteiger partial charge in [0, 0.05) is 29.9 Å². The fourth-order valence-corrected chi connectivity index (χ4v) is 3.67. The van der Waals surface area contributed by atoms with Crippen molar-refractivity contribution in [3.05, 3.63) is 84.6 Å². The summed E-state index contributed by atoms with van der Waals surface area (Å²) in [5.41, 5.74) is 2.40. The van der Waals surface area contributed by atoms with Gasteiger partial charge in [-0.05, 0) is 48.4 Å². The van der Waals surface area contributed by atoms with E-state index in [-0.39, 0.29) is 18.2 Å². The maximum atomic E-state index is 12.3. The summed E-state index contributed by atoms with van der Waals surface area (Å²) in [7, 11) is 3.14. The molecule has 0 radical (unpaired) electrons. The van der Waals surface area contributed by atoms with Gasteiger partial charge in [0.05, 0.1) is 19.7 Å². The molecule has 3 aromatic carbocycles. The van der Waals surface area contributed by atoms with E-state index in [0.717, 1.165) is 10.9 Å². The number of hydrogen-bond acceptors (Lipinski definition) is 6. The van der Waals surface area contributed by atoms with Crippen molar-refractivity contribution in [2.75, 3.05) is 26.1 Å². The van der Waals surface area contributed by atoms with Crippen LogP contribution in [0, 0.1) is 0 Å². The number of rotatable bonds is 10. The van der Waals surface area contributed by atoms with Crippen molar-refractivity contribution in [2.45, 2.75) is 12.8 Å². The lowest BCUT2D eigenvalue weighted by Gasteiger charge is -2.12. The Labute approximate surface area is 209 Å². The van der Waals surface area contributed by atoms with E-state index in [1.165, 1.54) is 0 Å². The van der Waals surface area contributed by atoms with Crippen molar-refractivity contribution in [1.29, 1.82) is 0 Å². The van der Waals surface area contributed by atoms with Crippen LogP contribution in [0.2, 0.25) is 0 Å². The highest BCUT2D eigenvalue weighted by Gasteiger charge is 2.12. The standard InChI is InChI=1S/C28H27N3O5/c1-34-25-16-22-23(17-26(25)35-2)29-15-13-24(22)36-21-10-8-20(9-11-21)31-28(33)18-27(32)30-14-12-19-6-4-3-5-7-19/h3-11,13,15-17H,12,14,18H2,1-2H3,(H,30,32)(H,31,33). The third-order valence-electron chi connectivity index (χ3n) is 5.47. The first-order valence-electron chi connectivity index (χ1n) is 11.4. The molecule has 0 unspecified atom stereocenters. The predicted octanol–water partition coefficient (Wildman–Crippen LogP) is 4.73. The van der Waals surface area contributed by atoms with E-state index in [9.17, 15) is 9.59 Å². The van der Waals surface area contributed by atoms with Crippen LogP contribution >= 0.6 is 0 Å². The number of hydrogen-bond donors (Lipinski definition) is 2. The van der Waals surface area contributed by atoms with E-state index >= 15 is 0 Å². The summed E-state index contributed by atoms with van der Waals surface area (Å²) >= 11 is 0. The Morgan fingerprint density at radius 2 is 1.56 bits per heavy atom. The van der Waals surface area contributed by atoms with E-state index in [4.69, 9.17) is 14.2 Å². The molecule has 0 saturated heterocycles.